The van der Waals surface area contributed by atoms with Gasteiger partial charge in [-0.2, -0.15) is 5.10 Å². The lowest BCUT2D eigenvalue weighted by Gasteiger charge is -2.07. The van der Waals surface area contributed by atoms with E-state index in [0.29, 0.717) is 29.7 Å². The highest BCUT2D eigenvalue weighted by Gasteiger charge is 2.29. The fourth-order valence-electron chi connectivity index (χ4n) is 3.25. The number of hydrogen-bond donors (Lipinski definition) is 1. The Hall–Kier alpha value is -3.19. The van der Waals surface area contributed by atoms with Crippen LogP contribution in [0.1, 0.15) is 45.7 Å². The minimum absolute atomic E-state index is 0.171. The molecule has 146 valence electrons. The van der Waals surface area contributed by atoms with E-state index in [0.717, 1.165) is 34.9 Å². The van der Waals surface area contributed by atoms with E-state index in [-0.39, 0.29) is 5.91 Å². The van der Waals surface area contributed by atoms with Gasteiger partial charge in [-0.05, 0) is 50.1 Å². The average molecular weight is 404 g/mol. The summed E-state index contributed by atoms with van der Waals surface area (Å²) >= 11 is 1.58. The molecule has 0 saturated heterocycles. The number of nitrogens with one attached hydrogen (secondary N) is 1. The SMILES string of the molecule is Cc1nc(-c2ccc(CNC(=O)c3cc(C4CC4)nn3-c3ccccc3)o2)cs1. The number of furan rings is 1. The second-order valence-corrected chi connectivity index (χ2v) is 8.24. The molecule has 0 radical (unpaired) electrons. The zero-order valence-electron chi connectivity index (χ0n) is 16.0. The van der Waals surface area contributed by atoms with E-state index >= 15 is 0 Å². The van der Waals surface area contributed by atoms with Gasteiger partial charge in [-0.25, -0.2) is 9.67 Å². The van der Waals surface area contributed by atoms with E-state index in [2.05, 4.69) is 15.4 Å². The molecule has 1 aromatic carbocycles. The fraction of sp³-hybridized carbons (Fsp3) is 0.227. The summed E-state index contributed by atoms with van der Waals surface area (Å²) in [5.41, 5.74) is 3.23. The van der Waals surface area contributed by atoms with Crippen LogP contribution in [-0.2, 0) is 6.54 Å². The summed E-state index contributed by atoms with van der Waals surface area (Å²) in [4.78, 5) is 17.4. The molecular weight excluding hydrogens is 384 g/mol. The number of aromatic nitrogens is 3. The number of para-hydroxylation sites is 1. The highest BCUT2D eigenvalue weighted by molar-refractivity contribution is 7.09. The minimum atomic E-state index is -0.171. The Bertz CT molecular complexity index is 1150. The number of thiazole rings is 1. The number of benzene rings is 1. The molecule has 4 aromatic rings. The third kappa shape index (κ3) is 3.73. The van der Waals surface area contributed by atoms with Gasteiger partial charge in [0.1, 0.15) is 17.1 Å². The molecule has 6 nitrogen and oxygen atoms in total. The van der Waals surface area contributed by atoms with Crippen molar-refractivity contribution in [3.8, 4) is 17.1 Å². The van der Waals surface area contributed by atoms with Crippen LogP contribution in [0.15, 0.2) is 58.3 Å². The first kappa shape index (κ1) is 17.9. The quantitative estimate of drug-likeness (QED) is 0.505. The summed E-state index contributed by atoms with van der Waals surface area (Å²) in [5, 5.41) is 10.6. The molecule has 3 aromatic heterocycles. The molecule has 0 aliphatic heterocycles. The zero-order valence-corrected chi connectivity index (χ0v) is 16.8. The second kappa shape index (κ2) is 7.33. The molecule has 3 heterocycles. The topological polar surface area (TPSA) is 73.0 Å². The maximum atomic E-state index is 12.9. The van der Waals surface area contributed by atoms with Crippen LogP contribution < -0.4 is 5.32 Å². The van der Waals surface area contributed by atoms with Gasteiger partial charge in [-0.1, -0.05) is 18.2 Å². The van der Waals surface area contributed by atoms with Crippen LogP contribution in [0.5, 0.6) is 0 Å². The Labute approximate surface area is 172 Å². The van der Waals surface area contributed by atoms with E-state index in [9.17, 15) is 4.79 Å². The zero-order chi connectivity index (χ0) is 19.8. The summed E-state index contributed by atoms with van der Waals surface area (Å²) in [6.45, 7) is 2.27. The van der Waals surface area contributed by atoms with Crippen molar-refractivity contribution in [1.82, 2.24) is 20.1 Å². The van der Waals surface area contributed by atoms with E-state index in [1.54, 1.807) is 16.0 Å². The number of rotatable bonds is 6. The van der Waals surface area contributed by atoms with Gasteiger partial charge in [0.15, 0.2) is 5.76 Å². The van der Waals surface area contributed by atoms with Gasteiger partial charge >= 0.3 is 0 Å². The molecule has 0 bridgehead atoms. The van der Waals surface area contributed by atoms with Gasteiger partial charge in [0, 0.05) is 11.3 Å². The molecule has 0 spiro atoms. The van der Waals surface area contributed by atoms with Gasteiger partial charge in [-0.15, -0.1) is 11.3 Å². The normalized spacial score (nSPS) is 13.6. The number of amides is 1. The summed E-state index contributed by atoms with van der Waals surface area (Å²) in [6.07, 6.45) is 2.27. The highest BCUT2D eigenvalue weighted by Crippen LogP contribution is 2.39. The fourth-order valence-corrected chi connectivity index (χ4v) is 3.85. The van der Waals surface area contributed by atoms with Crippen LogP contribution in [-0.4, -0.2) is 20.7 Å². The van der Waals surface area contributed by atoms with Crippen molar-refractivity contribution in [3.05, 3.63) is 76.1 Å². The Morgan fingerprint density at radius 3 is 2.79 bits per heavy atom. The Kier molecular flexibility index (Phi) is 4.52. The minimum Gasteiger partial charge on any atom is -0.458 e. The summed E-state index contributed by atoms with van der Waals surface area (Å²) in [6, 6.07) is 15.4. The predicted octanol–water partition coefficient (Wildman–Crippen LogP) is 4.70. The molecule has 1 amide bonds. The van der Waals surface area contributed by atoms with Crippen molar-refractivity contribution in [2.45, 2.75) is 32.2 Å². The first-order chi connectivity index (χ1) is 14.2. The second-order valence-electron chi connectivity index (χ2n) is 7.18. The van der Waals surface area contributed by atoms with Crippen molar-refractivity contribution in [2.24, 2.45) is 0 Å². The summed E-state index contributed by atoms with van der Waals surface area (Å²) in [7, 11) is 0. The van der Waals surface area contributed by atoms with Gasteiger partial charge in [0.2, 0.25) is 0 Å². The van der Waals surface area contributed by atoms with Crippen LogP contribution in [0.3, 0.4) is 0 Å². The number of aryl methyl sites for hydroxylation is 1. The Morgan fingerprint density at radius 2 is 2.07 bits per heavy atom. The van der Waals surface area contributed by atoms with Crippen LogP contribution in [0.2, 0.25) is 0 Å². The van der Waals surface area contributed by atoms with E-state index in [4.69, 9.17) is 4.42 Å². The third-order valence-corrected chi connectivity index (χ3v) is 5.69. The standard InChI is InChI=1S/C22H20N4O2S/c1-14-24-19(13-29-14)21-10-9-17(28-21)12-23-22(27)20-11-18(15-7-8-15)25-26(20)16-5-3-2-4-6-16/h2-6,9-11,13,15H,7-8,12H2,1H3,(H,23,27). The monoisotopic (exact) mass is 404 g/mol. The number of hydrogen-bond acceptors (Lipinski definition) is 5. The van der Waals surface area contributed by atoms with Crippen LogP contribution in [0.25, 0.3) is 17.1 Å². The van der Waals surface area contributed by atoms with Gasteiger partial charge < -0.3 is 9.73 Å². The Morgan fingerprint density at radius 1 is 1.24 bits per heavy atom. The molecule has 7 heteroatoms. The maximum absolute atomic E-state index is 12.9. The lowest BCUT2D eigenvalue weighted by molar-refractivity contribution is 0.0940. The Balaban J connectivity index is 1.34. The molecule has 1 saturated carbocycles. The van der Waals surface area contributed by atoms with E-state index < -0.39 is 0 Å². The highest BCUT2D eigenvalue weighted by atomic mass is 32.1. The lowest BCUT2D eigenvalue weighted by Crippen LogP contribution is -2.25. The molecular formula is C22H20N4O2S. The largest absolute Gasteiger partial charge is 0.458 e. The van der Waals surface area contributed by atoms with Gasteiger partial charge in [0.25, 0.3) is 5.91 Å². The predicted molar refractivity (Wildman–Crippen MR) is 111 cm³/mol. The number of carbonyl (C=O) groups is 1. The van der Waals surface area contributed by atoms with Crippen molar-refractivity contribution < 1.29 is 9.21 Å². The van der Waals surface area contributed by atoms with Crippen molar-refractivity contribution >= 4 is 17.2 Å². The van der Waals surface area contributed by atoms with Crippen LogP contribution >= 0.6 is 11.3 Å². The smallest absolute Gasteiger partial charge is 0.270 e. The van der Waals surface area contributed by atoms with E-state index in [1.807, 2.05) is 60.8 Å². The molecule has 1 aliphatic rings. The van der Waals surface area contributed by atoms with Crippen molar-refractivity contribution in [1.29, 1.82) is 0 Å². The molecule has 1 aliphatic carbocycles. The first-order valence-electron chi connectivity index (χ1n) is 9.62. The third-order valence-electron chi connectivity index (χ3n) is 4.91. The van der Waals surface area contributed by atoms with Gasteiger partial charge in [0.05, 0.1) is 22.9 Å². The average Bonchev–Trinajstić information content (AvgIpc) is 3.14. The molecule has 1 N–H and O–H groups in total. The molecule has 5 rings (SSSR count). The summed E-state index contributed by atoms with van der Waals surface area (Å²) in [5.74, 6) is 1.70. The molecule has 0 unspecified atom stereocenters. The number of nitrogens with zero attached hydrogens (tertiary/aromatic N) is 3. The molecule has 29 heavy (non-hydrogen) atoms. The molecule has 0 atom stereocenters. The van der Waals surface area contributed by atoms with Crippen LogP contribution in [0, 0.1) is 6.92 Å². The maximum Gasteiger partial charge on any atom is 0.270 e. The number of carbonyl (C=O) groups excluding carboxylic acids is 1. The van der Waals surface area contributed by atoms with Crippen molar-refractivity contribution in [2.75, 3.05) is 0 Å². The molecule has 1 fully saturated rings. The van der Waals surface area contributed by atoms with Crippen molar-refractivity contribution in [3.63, 3.8) is 0 Å². The summed E-state index contributed by atoms with van der Waals surface area (Å²) < 4.78 is 7.58. The van der Waals surface area contributed by atoms with E-state index in [1.165, 1.54) is 0 Å². The first-order valence-corrected chi connectivity index (χ1v) is 10.5. The van der Waals surface area contributed by atoms with Gasteiger partial charge in [-0.3, -0.25) is 4.79 Å². The van der Waals surface area contributed by atoms with Crippen LogP contribution in [0.4, 0.5) is 0 Å². The lowest BCUT2D eigenvalue weighted by atomic mass is 10.2.